The van der Waals surface area contributed by atoms with Gasteiger partial charge >= 0.3 is 0 Å². The lowest BCUT2D eigenvalue weighted by Crippen LogP contribution is -2.49. The molecule has 6 nitrogen and oxygen atoms in total. The van der Waals surface area contributed by atoms with Gasteiger partial charge in [0, 0.05) is 48.8 Å². The fourth-order valence-corrected chi connectivity index (χ4v) is 3.91. The van der Waals surface area contributed by atoms with Gasteiger partial charge in [-0.1, -0.05) is 50.8 Å². The van der Waals surface area contributed by atoms with Crippen LogP contribution in [0.4, 0.5) is 4.39 Å². The van der Waals surface area contributed by atoms with Crippen molar-refractivity contribution >= 4 is 5.91 Å². The van der Waals surface area contributed by atoms with Crippen molar-refractivity contribution < 1.29 is 19.0 Å². The number of benzene rings is 1. The molecule has 1 amide bonds. The zero-order chi connectivity index (χ0) is 24.8. The third-order valence-corrected chi connectivity index (χ3v) is 5.92. The van der Waals surface area contributed by atoms with Crippen LogP contribution in [0.25, 0.3) is 0 Å². The number of ether oxygens (including phenoxy) is 1. The molecule has 1 aromatic heterocycles. The Labute approximate surface area is 201 Å². The molecule has 0 fully saturated rings. The van der Waals surface area contributed by atoms with Crippen LogP contribution in [0.2, 0.25) is 0 Å². The minimum atomic E-state index is -0.358. The van der Waals surface area contributed by atoms with Crippen LogP contribution in [-0.4, -0.2) is 64.7 Å². The second-order valence-electron chi connectivity index (χ2n) is 9.41. The number of aliphatic hydroxyl groups excluding tert-OH is 1. The van der Waals surface area contributed by atoms with Crippen LogP contribution in [0.15, 0.2) is 36.5 Å². The first-order valence-corrected chi connectivity index (χ1v) is 11.7. The molecule has 0 saturated heterocycles. The van der Waals surface area contributed by atoms with Crippen LogP contribution >= 0.6 is 0 Å². The van der Waals surface area contributed by atoms with Gasteiger partial charge in [-0.3, -0.25) is 9.69 Å². The number of pyridine rings is 1. The number of likely N-dealkylation sites (N-methyl/N-ethyl adjacent to an activating group) is 1. The van der Waals surface area contributed by atoms with Crippen molar-refractivity contribution in [3.63, 3.8) is 0 Å². The summed E-state index contributed by atoms with van der Waals surface area (Å²) in [6.07, 6.45) is 1.32. The lowest BCUT2D eigenvalue weighted by molar-refractivity contribution is 0.0324. The first-order chi connectivity index (χ1) is 16.2. The van der Waals surface area contributed by atoms with E-state index in [9.17, 15) is 14.3 Å². The maximum atomic E-state index is 14.1. The van der Waals surface area contributed by atoms with E-state index in [2.05, 4.69) is 16.8 Å². The van der Waals surface area contributed by atoms with E-state index in [1.54, 1.807) is 29.3 Å². The average molecular weight is 468 g/mol. The highest BCUT2D eigenvalue weighted by atomic mass is 19.1. The Morgan fingerprint density at radius 3 is 2.74 bits per heavy atom. The monoisotopic (exact) mass is 467 g/mol. The Bertz CT molecular complexity index is 1060. The van der Waals surface area contributed by atoms with Gasteiger partial charge in [0.15, 0.2) is 0 Å². The lowest BCUT2D eigenvalue weighted by Gasteiger charge is -2.37. The molecule has 7 heteroatoms. The highest BCUT2D eigenvalue weighted by Gasteiger charge is 2.34. The first-order valence-electron chi connectivity index (χ1n) is 11.7. The van der Waals surface area contributed by atoms with E-state index in [0.717, 1.165) is 0 Å². The molecule has 1 aromatic carbocycles. The van der Waals surface area contributed by atoms with E-state index in [1.165, 1.54) is 6.07 Å². The zero-order valence-corrected chi connectivity index (χ0v) is 20.6. The predicted molar refractivity (Wildman–Crippen MR) is 130 cm³/mol. The molecule has 0 aliphatic carbocycles. The molecule has 3 rings (SSSR count). The number of amides is 1. The Kier molecular flexibility index (Phi) is 8.65. The minimum absolute atomic E-state index is 0.0450. The van der Waals surface area contributed by atoms with Crippen molar-refractivity contribution in [2.75, 3.05) is 26.7 Å². The number of aliphatic hydroxyl groups is 1. The summed E-state index contributed by atoms with van der Waals surface area (Å²) in [6, 6.07) is 8.08. The van der Waals surface area contributed by atoms with Gasteiger partial charge in [0.05, 0.1) is 12.6 Å². The van der Waals surface area contributed by atoms with Crippen molar-refractivity contribution in [3.05, 3.63) is 59.0 Å². The van der Waals surface area contributed by atoms with Crippen molar-refractivity contribution in [1.29, 1.82) is 0 Å². The van der Waals surface area contributed by atoms with Gasteiger partial charge in [0.25, 0.3) is 5.91 Å². The molecule has 1 aliphatic heterocycles. The highest BCUT2D eigenvalue weighted by Crippen LogP contribution is 2.27. The normalized spacial score (nSPS) is 19.1. The maximum Gasteiger partial charge on any atom is 0.259 e. The van der Waals surface area contributed by atoms with Crippen LogP contribution in [0.1, 0.15) is 49.2 Å². The molecule has 34 heavy (non-hydrogen) atoms. The van der Waals surface area contributed by atoms with E-state index in [1.807, 2.05) is 45.7 Å². The molecule has 2 aromatic rings. The highest BCUT2D eigenvalue weighted by molar-refractivity contribution is 5.97. The van der Waals surface area contributed by atoms with Crippen molar-refractivity contribution in [2.24, 2.45) is 11.8 Å². The van der Waals surface area contributed by atoms with E-state index in [0.29, 0.717) is 36.3 Å². The van der Waals surface area contributed by atoms with E-state index < -0.39 is 0 Å². The number of carbonyl (C=O) groups is 1. The molecule has 1 aliphatic rings. The van der Waals surface area contributed by atoms with Gasteiger partial charge in [-0.15, -0.1) is 0 Å². The summed E-state index contributed by atoms with van der Waals surface area (Å²) in [7, 11) is 1.92. The Morgan fingerprint density at radius 2 is 2.06 bits per heavy atom. The van der Waals surface area contributed by atoms with E-state index >= 15 is 0 Å². The van der Waals surface area contributed by atoms with Crippen molar-refractivity contribution in [1.82, 2.24) is 14.8 Å². The topological polar surface area (TPSA) is 65.9 Å². The fraction of sp³-hybridized carbons (Fsp3) is 0.481. The predicted octanol–water partition coefficient (Wildman–Crippen LogP) is 3.58. The molecule has 0 bridgehead atoms. The number of fused-ring (bicyclic) bond motifs is 1. The summed E-state index contributed by atoms with van der Waals surface area (Å²) >= 11 is 0. The molecule has 0 unspecified atom stereocenters. The summed E-state index contributed by atoms with van der Waals surface area (Å²) < 4.78 is 20.4. The molecular formula is C27H34FN3O3. The number of halogens is 1. The molecule has 2 heterocycles. The third-order valence-electron chi connectivity index (χ3n) is 5.92. The number of hydrogen-bond donors (Lipinski definition) is 1. The van der Waals surface area contributed by atoms with Crippen LogP contribution in [0, 0.1) is 29.5 Å². The smallest absolute Gasteiger partial charge is 0.259 e. The first kappa shape index (κ1) is 25.7. The summed E-state index contributed by atoms with van der Waals surface area (Å²) in [5.41, 5.74) is 1.59. The summed E-state index contributed by atoms with van der Waals surface area (Å²) in [4.78, 5) is 21.6. The summed E-state index contributed by atoms with van der Waals surface area (Å²) in [5.74, 6) is 6.08. The number of nitrogens with zero attached hydrogens (tertiary/aromatic N) is 3. The molecule has 3 atom stereocenters. The number of aromatic nitrogens is 1. The van der Waals surface area contributed by atoms with Crippen molar-refractivity contribution in [2.45, 2.75) is 46.4 Å². The van der Waals surface area contributed by atoms with Gasteiger partial charge in [0.1, 0.15) is 17.5 Å². The van der Waals surface area contributed by atoms with Crippen LogP contribution in [-0.2, 0) is 6.54 Å². The largest absolute Gasteiger partial charge is 0.472 e. The zero-order valence-electron chi connectivity index (χ0n) is 20.6. The molecule has 0 saturated carbocycles. The standard InChI is InChI=1S/C27H34FN3O3/c1-18(2)10-11-21-12-23-26(29-13-21)34-25(19(3)14-31(27(23)33)20(4)17-32)16-30(5)15-22-8-6-7-9-24(22)28/h6-9,12-13,18-20,25,32H,14-17H2,1-5H3/t19-,20+,25+/m1/s1. The van der Waals surface area contributed by atoms with E-state index in [4.69, 9.17) is 4.74 Å². The number of carbonyl (C=O) groups excluding carboxylic acids is 1. The molecule has 1 N–H and O–H groups in total. The number of rotatable bonds is 6. The third kappa shape index (κ3) is 6.34. The average Bonchev–Trinajstić information content (AvgIpc) is 2.81. The van der Waals surface area contributed by atoms with Gasteiger partial charge in [-0.05, 0) is 26.1 Å². The molecule has 182 valence electrons. The van der Waals surface area contributed by atoms with E-state index in [-0.39, 0.29) is 48.2 Å². The quantitative estimate of drug-likeness (QED) is 0.658. The summed E-state index contributed by atoms with van der Waals surface area (Å²) in [5, 5.41) is 9.80. The summed E-state index contributed by atoms with van der Waals surface area (Å²) in [6.45, 7) is 9.04. The van der Waals surface area contributed by atoms with Gasteiger partial charge in [0.2, 0.25) is 5.88 Å². The second-order valence-corrected chi connectivity index (χ2v) is 9.41. The second kappa shape index (κ2) is 11.5. The van der Waals surface area contributed by atoms with Crippen LogP contribution in [0.5, 0.6) is 5.88 Å². The van der Waals surface area contributed by atoms with Crippen LogP contribution in [0.3, 0.4) is 0 Å². The minimum Gasteiger partial charge on any atom is -0.472 e. The molecule has 0 spiro atoms. The Morgan fingerprint density at radius 1 is 1.32 bits per heavy atom. The Hall–Kier alpha value is -2.95. The fourth-order valence-electron chi connectivity index (χ4n) is 3.91. The lowest BCUT2D eigenvalue weighted by atomic mass is 9.99. The SMILES string of the molecule is CC(C)C#Cc1cnc2c(c1)C(=O)N([C@@H](C)CO)C[C@@H](C)[C@H](CN(C)Cc1ccccc1F)O2. The van der Waals surface area contributed by atoms with Crippen LogP contribution < -0.4 is 4.74 Å². The van der Waals surface area contributed by atoms with Gasteiger partial charge in [-0.25, -0.2) is 9.37 Å². The van der Waals surface area contributed by atoms with Crippen molar-refractivity contribution in [3.8, 4) is 17.7 Å². The maximum absolute atomic E-state index is 14.1. The number of hydrogen-bond acceptors (Lipinski definition) is 5. The van der Waals surface area contributed by atoms with Gasteiger partial charge < -0.3 is 14.7 Å². The Balaban J connectivity index is 1.91. The molecule has 0 radical (unpaired) electrons. The molecular weight excluding hydrogens is 433 g/mol. The van der Waals surface area contributed by atoms with Gasteiger partial charge in [-0.2, -0.15) is 0 Å².